The number of rotatable bonds is 8. The molecular formula is C22H24N10O. The molecule has 3 aromatic heterocycles. The summed E-state index contributed by atoms with van der Waals surface area (Å²) in [6.07, 6.45) is 10.5. The van der Waals surface area contributed by atoms with Crippen LogP contribution in [-0.2, 0) is 0 Å². The Labute approximate surface area is 191 Å². The fourth-order valence-electron chi connectivity index (χ4n) is 3.51. The van der Waals surface area contributed by atoms with Gasteiger partial charge in [-0.15, -0.1) is 10.2 Å². The Morgan fingerprint density at radius 2 is 2.03 bits per heavy atom. The van der Waals surface area contributed by atoms with E-state index in [-0.39, 0.29) is 17.3 Å². The van der Waals surface area contributed by atoms with Crippen molar-refractivity contribution in [2.45, 2.75) is 31.7 Å². The Kier molecular flexibility index (Phi) is 7.29. The molecule has 4 N–H and O–H groups in total. The zero-order valence-corrected chi connectivity index (χ0v) is 18.0. The molecule has 11 heteroatoms. The SMILES string of the molecule is N#Cc1cnc(Nc2cc(NCCC3CCCCN3)c(C(=O)Nc3ccncc3)nn2)cn1. The number of nitrogens with zero attached hydrogens (tertiary/aromatic N) is 6. The van der Waals surface area contributed by atoms with Crippen LogP contribution in [0.15, 0.2) is 43.0 Å². The highest BCUT2D eigenvalue weighted by atomic mass is 16.2. The van der Waals surface area contributed by atoms with Gasteiger partial charge in [0.2, 0.25) is 0 Å². The van der Waals surface area contributed by atoms with Crippen molar-refractivity contribution in [3.63, 3.8) is 0 Å². The second kappa shape index (κ2) is 10.9. The van der Waals surface area contributed by atoms with Gasteiger partial charge in [0.1, 0.15) is 11.9 Å². The molecule has 33 heavy (non-hydrogen) atoms. The molecule has 168 valence electrons. The van der Waals surface area contributed by atoms with Gasteiger partial charge in [0.25, 0.3) is 5.91 Å². The predicted molar refractivity (Wildman–Crippen MR) is 123 cm³/mol. The third-order valence-corrected chi connectivity index (χ3v) is 5.19. The summed E-state index contributed by atoms with van der Waals surface area (Å²) in [4.78, 5) is 25.0. The highest BCUT2D eigenvalue weighted by Crippen LogP contribution is 2.21. The van der Waals surface area contributed by atoms with Gasteiger partial charge < -0.3 is 21.3 Å². The Bertz CT molecular complexity index is 1110. The molecule has 1 atom stereocenters. The number of piperidine rings is 1. The molecule has 0 radical (unpaired) electrons. The normalized spacial score (nSPS) is 15.3. The molecule has 4 heterocycles. The number of pyridine rings is 1. The molecule has 1 saturated heterocycles. The van der Waals surface area contributed by atoms with Crippen LogP contribution in [0.4, 0.5) is 23.0 Å². The van der Waals surface area contributed by atoms with Crippen molar-refractivity contribution >= 4 is 28.9 Å². The number of hydrogen-bond donors (Lipinski definition) is 4. The number of nitriles is 1. The van der Waals surface area contributed by atoms with Crippen LogP contribution in [0.3, 0.4) is 0 Å². The van der Waals surface area contributed by atoms with E-state index < -0.39 is 0 Å². The monoisotopic (exact) mass is 444 g/mol. The highest BCUT2D eigenvalue weighted by molar-refractivity contribution is 6.06. The first kappa shape index (κ1) is 22.0. The molecular weight excluding hydrogens is 420 g/mol. The number of anilines is 4. The second-order valence-corrected chi connectivity index (χ2v) is 7.57. The first-order chi connectivity index (χ1) is 16.2. The molecule has 1 amide bonds. The van der Waals surface area contributed by atoms with Gasteiger partial charge in [-0.05, 0) is 37.9 Å². The van der Waals surface area contributed by atoms with Gasteiger partial charge >= 0.3 is 0 Å². The summed E-state index contributed by atoms with van der Waals surface area (Å²) in [6.45, 7) is 1.72. The van der Waals surface area contributed by atoms with E-state index in [9.17, 15) is 4.79 Å². The van der Waals surface area contributed by atoms with Crippen LogP contribution in [0.2, 0.25) is 0 Å². The Hall–Kier alpha value is -4.17. The van der Waals surface area contributed by atoms with E-state index in [4.69, 9.17) is 5.26 Å². The van der Waals surface area contributed by atoms with E-state index in [1.165, 1.54) is 25.2 Å². The second-order valence-electron chi connectivity index (χ2n) is 7.57. The van der Waals surface area contributed by atoms with E-state index in [0.717, 1.165) is 19.4 Å². The third kappa shape index (κ3) is 6.18. The molecule has 4 rings (SSSR count). The van der Waals surface area contributed by atoms with Crippen LogP contribution >= 0.6 is 0 Å². The Morgan fingerprint density at radius 1 is 1.15 bits per heavy atom. The van der Waals surface area contributed by atoms with E-state index >= 15 is 0 Å². The fraction of sp³-hybridized carbons (Fsp3) is 0.318. The number of carbonyl (C=O) groups excluding carboxylic acids is 1. The summed E-state index contributed by atoms with van der Waals surface area (Å²) >= 11 is 0. The fourth-order valence-corrected chi connectivity index (χ4v) is 3.51. The predicted octanol–water partition coefficient (Wildman–Crippen LogP) is 2.47. The van der Waals surface area contributed by atoms with Crippen LogP contribution in [0.25, 0.3) is 0 Å². The molecule has 0 aromatic carbocycles. The largest absolute Gasteiger partial charge is 0.383 e. The molecule has 1 fully saturated rings. The summed E-state index contributed by atoms with van der Waals surface area (Å²) in [6, 6.07) is 7.50. The topological polar surface area (TPSA) is 153 Å². The summed E-state index contributed by atoms with van der Waals surface area (Å²) in [5, 5.41) is 29.8. The standard InChI is InChI=1S/C22H24N10O/c23-12-17-13-28-20(14-27-17)30-19-11-18(26-10-6-15-3-1-2-7-25-15)21(32-31-19)22(33)29-16-4-8-24-9-5-16/h4-5,8-9,11,13-15,25H,1-3,6-7,10H2,(H,24,29,33)(H2,26,28,30,31). The minimum atomic E-state index is -0.378. The lowest BCUT2D eigenvalue weighted by Crippen LogP contribution is -2.35. The molecule has 0 aliphatic carbocycles. The molecule has 3 aromatic rings. The van der Waals surface area contributed by atoms with Crippen LogP contribution in [0, 0.1) is 11.3 Å². The van der Waals surface area contributed by atoms with Gasteiger partial charge in [0.15, 0.2) is 17.2 Å². The van der Waals surface area contributed by atoms with Gasteiger partial charge in [0, 0.05) is 36.7 Å². The maximum atomic E-state index is 12.9. The lowest BCUT2D eigenvalue weighted by atomic mass is 10.0. The minimum absolute atomic E-state index is 0.180. The maximum absolute atomic E-state index is 12.9. The smallest absolute Gasteiger partial charge is 0.278 e. The van der Waals surface area contributed by atoms with Gasteiger partial charge in [-0.1, -0.05) is 6.42 Å². The van der Waals surface area contributed by atoms with E-state index in [1.54, 1.807) is 30.6 Å². The minimum Gasteiger partial charge on any atom is -0.383 e. The van der Waals surface area contributed by atoms with Crippen LogP contribution in [0.1, 0.15) is 41.9 Å². The van der Waals surface area contributed by atoms with Crippen molar-refractivity contribution in [3.05, 3.63) is 54.4 Å². The Morgan fingerprint density at radius 3 is 2.76 bits per heavy atom. The number of carbonyl (C=O) groups is 1. The van der Waals surface area contributed by atoms with Gasteiger partial charge in [-0.2, -0.15) is 5.26 Å². The van der Waals surface area contributed by atoms with E-state index in [2.05, 4.69) is 46.4 Å². The van der Waals surface area contributed by atoms with Crippen molar-refractivity contribution in [1.29, 1.82) is 5.26 Å². The average Bonchev–Trinajstić information content (AvgIpc) is 2.86. The summed E-state index contributed by atoms with van der Waals surface area (Å²) in [5.74, 6) is 0.430. The molecule has 1 aliphatic rings. The van der Waals surface area contributed by atoms with Crippen LogP contribution < -0.4 is 21.3 Å². The quantitative estimate of drug-likeness (QED) is 0.407. The first-order valence-corrected chi connectivity index (χ1v) is 10.8. The van der Waals surface area contributed by atoms with E-state index in [0.29, 0.717) is 35.6 Å². The van der Waals surface area contributed by atoms with Crippen molar-refractivity contribution in [2.75, 3.05) is 29.0 Å². The van der Waals surface area contributed by atoms with Gasteiger partial charge in [-0.3, -0.25) is 9.78 Å². The van der Waals surface area contributed by atoms with Crippen molar-refractivity contribution in [1.82, 2.24) is 30.5 Å². The first-order valence-electron chi connectivity index (χ1n) is 10.8. The lowest BCUT2D eigenvalue weighted by Gasteiger charge is -2.23. The molecule has 1 unspecified atom stereocenters. The third-order valence-electron chi connectivity index (χ3n) is 5.19. The van der Waals surface area contributed by atoms with Crippen LogP contribution in [-0.4, -0.2) is 50.2 Å². The van der Waals surface area contributed by atoms with Crippen LogP contribution in [0.5, 0.6) is 0 Å². The molecule has 0 spiro atoms. The lowest BCUT2D eigenvalue weighted by molar-refractivity contribution is 0.102. The van der Waals surface area contributed by atoms with E-state index in [1.807, 2.05) is 6.07 Å². The molecule has 0 bridgehead atoms. The average molecular weight is 445 g/mol. The molecule has 1 aliphatic heterocycles. The van der Waals surface area contributed by atoms with Crippen molar-refractivity contribution in [2.24, 2.45) is 0 Å². The summed E-state index contributed by atoms with van der Waals surface area (Å²) in [7, 11) is 0. The molecule has 0 saturated carbocycles. The zero-order valence-electron chi connectivity index (χ0n) is 18.0. The number of amides is 1. The van der Waals surface area contributed by atoms with Gasteiger partial charge in [0.05, 0.1) is 18.1 Å². The number of nitrogens with one attached hydrogen (secondary N) is 4. The van der Waals surface area contributed by atoms with Gasteiger partial charge in [-0.25, -0.2) is 9.97 Å². The van der Waals surface area contributed by atoms with Crippen molar-refractivity contribution in [3.8, 4) is 6.07 Å². The summed E-state index contributed by atoms with van der Waals surface area (Å²) < 4.78 is 0. The highest BCUT2D eigenvalue weighted by Gasteiger charge is 2.17. The summed E-state index contributed by atoms with van der Waals surface area (Å²) in [5.41, 5.74) is 1.56. The number of hydrogen-bond acceptors (Lipinski definition) is 10. The number of aromatic nitrogens is 5. The zero-order chi connectivity index (χ0) is 22.9. The molecule has 11 nitrogen and oxygen atoms in total. The van der Waals surface area contributed by atoms with Crippen molar-refractivity contribution < 1.29 is 4.79 Å². The maximum Gasteiger partial charge on any atom is 0.278 e. The Balaban J connectivity index is 1.50.